The van der Waals surface area contributed by atoms with Crippen LogP contribution in [0, 0.1) is 5.41 Å². The fourth-order valence-electron chi connectivity index (χ4n) is 2.85. The van der Waals surface area contributed by atoms with E-state index in [1.165, 1.54) is 30.5 Å². The lowest BCUT2D eigenvalue weighted by Gasteiger charge is -2.42. The average molecular weight is 260 g/mol. The second-order valence-electron chi connectivity index (χ2n) is 7.06. The van der Waals surface area contributed by atoms with Gasteiger partial charge in [-0.2, -0.15) is 0 Å². The summed E-state index contributed by atoms with van der Waals surface area (Å²) in [5.74, 6) is 0. The Morgan fingerprint density at radius 1 is 1.05 bits per heavy atom. The van der Waals surface area contributed by atoms with E-state index in [4.69, 9.17) is 0 Å². The monoisotopic (exact) mass is 260 g/mol. The predicted octanol–water partition coefficient (Wildman–Crippen LogP) is 3.79. The molecule has 1 aliphatic carbocycles. The molecule has 2 heteroatoms. The summed E-state index contributed by atoms with van der Waals surface area (Å²) in [6.45, 7) is 8.98. The summed E-state index contributed by atoms with van der Waals surface area (Å²) in [7, 11) is 2.05. The fourth-order valence-corrected chi connectivity index (χ4v) is 2.85. The average Bonchev–Trinajstić information content (AvgIpc) is 2.32. The molecule has 0 radical (unpaired) electrons. The molecule has 0 saturated heterocycles. The largest absolute Gasteiger partial charge is 0.384 e. The molecular weight excluding hydrogens is 232 g/mol. The van der Waals surface area contributed by atoms with Crippen LogP contribution >= 0.6 is 0 Å². The minimum atomic E-state index is 0.236. The smallest absolute Gasteiger partial charge is 0.0340 e. The molecule has 19 heavy (non-hydrogen) atoms. The first-order chi connectivity index (χ1) is 8.95. The topological polar surface area (TPSA) is 24.1 Å². The van der Waals surface area contributed by atoms with Crippen LogP contribution in [0.5, 0.6) is 0 Å². The minimum Gasteiger partial charge on any atom is -0.384 e. The summed E-state index contributed by atoms with van der Waals surface area (Å²) in [5.41, 5.74) is 3.36. The molecule has 1 aliphatic rings. The van der Waals surface area contributed by atoms with Crippen molar-refractivity contribution in [1.29, 1.82) is 0 Å². The molecule has 0 aromatic heterocycles. The van der Waals surface area contributed by atoms with Gasteiger partial charge in [0.25, 0.3) is 0 Å². The van der Waals surface area contributed by atoms with Crippen molar-refractivity contribution in [3.63, 3.8) is 0 Å². The number of hydrogen-bond acceptors (Lipinski definition) is 2. The number of anilines is 1. The Morgan fingerprint density at radius 2 is 1.68 bits per heavy atom. The Balaban J connectivity index is 1.93. The van der Waals surface area contributed by atoms with Gasteiger partial charge in [-0.1, -0.05) is 39.3 Å². The maximum Gasteiger partial charge on any atom is 0.0340 e. The second kappa shape index (κ2) is 5.54. The van der Waals surface area contributed by atoms with E-state index < -0.39 is 0 Å². The highest BCUT2D eigenvalue weighted by molar-refractivity contribution is 5.46. The van der Waals surface area contributed by atoms with Gasteiger partial charge < -0.3 is 10.6 Å². The molecule has 0 unspecified atom stereocenters. The van der Waals surface area contributed by atoms with Crippen LogP contribution in [0.3, 0.4) is 0 Å². The summed E-state index contributed by atoms with van der Waals surface area (Å²) >= 11 is 0. The molecule has 0 bridgehead atoms. The molecule has 2 N–H and O–H groups in total. The number of rotatable bonds is 5. The molecule has 1 fully saturated rings. The zero-order chi connectivity index (χ0) is 13.9. The highest BCUT2D eigenvalue weighted by Crippen LogP contribution is 2.40. The molecule has 1 aromatic carbocycles. The minimum absolute atomic E-state index is 0.236. The lowest BCUT2D eigenvalue weighted by Crippen LogP contribution is -2.44. The number of hydrogen-bond donors (Lipinski definition) is 2. The van der Waals surface area contributed by atoms with Gasteiger partial charge in [-0.25, -0.2) is 0 Å². The van der Waals surface area contributed by atoms with Crippen LogP contribution in [-0.4, -0.2) is 20.1 Å². The number of benzene rings is 1. The van der Waals surface area contributed by atoms with Gasteiger partial charge in [0.2, 0.25) is 0 Å². The van der Waals surface area contributed by atoms with Crippen LogP contribution in [0.4, 0.5) is 5.69 Å². The molecule has 0 atom stereocenters. The van der Waals surface area contributed by atoms with Crippen LogP contribution in [0.1, 0.15) is 45.6 Å². The predicted molar refractivity (Wildman–Crippen MR) is 83.8 cm³/mol. The maximum absolute atomic E-state index is 3.61. The van der Waals surface area contributed by atoms with E-state index in [1.54, 1.807) is 0 Å². The molecule has 0 aliphatic heterocycles. The van der Waals surface area contributed by atoms with Gasteiger partial charge in [-0.05, 0) is 43.0 Å². The van der Waals surface area contributed by atoms with E-state index in [-0.39, 0.29) is 5.41 Å². The van der Waals surface area contributed by atoms with Gasteiger partial charge in [-0.3, -0.25) is 0 Å². The quantitative estimate of drug-likeness (QED) is 0.842. The Labute approximate surface area is 118 Å². The molecule has 1 aromatic rings. The Morgan fingerprint density at radius 3 is 2.11 bits per heavy atom. The summed E-state index contributed by atoms with van der Waals surface area (Å²) in [6.07, 6.45) is 4.08. The van der Waals surface area contributed by atoms with E-state index in [0.717, 1.165) is 13.1 Å². The molecule has 0 amide bonds. The van der Waals surface area contributed by atoms with E-state index >= 15 is 0 Å². The fraction of sp³-hybridized carbons (Fsp3) is 0.647. The van der Waals surface area contributed by atoms with Crippen molar-refractivity contribution in [2.75, 3.05) is 25.5 Å². The third-order valence-electron chi connectivity index (χ3n) is 4.38. The SMILES string of the molecule is CNCC1(CNc2ccc(C(C)(C)C)cc2)CCC1. The Kier molecular flexibility index (Phi) is 4.19. The van der Waals surface area contributed by atoms with E-state index in [9.17, 15) is 0 Å². The lowest BCUT2D eigenvalue weighted by molar-refractivity contribution is 0.151. The lowest BCUT2D eigenvalue weighted by atomic mass is 9.68. The molecule has 0 heterocycles. The van der Waals surface area contributed by atoms with Gasteiger partial charge in [-0.15, -0.1) is 0 Å². The van der Waals surface area contributed by atoms with Crippen LogP contribution in [0.15, 0.2) is 24.3 Å². The van der Waals surface area contributed by atoms with Crippen molar-refractivity contribution in [2.45, 2.75) is 45.4 Å². The summed E-state index contributed by atoms with van der Waals surface area (Å²) in [5, 5.41) is 6.95. The molecule has 106 valence electrons. The third-order valence-corrected chi connectivity index (χ3v) is 4.38. The van der Waals surface area contributed by atoms with Gasteiger partial charge in [0.1, 0.15) is 0 Å². The Hall–Kier alpha value is -1.02. The van der Waals surface area contributed by atoms with Crippen molar-refractivity contribution >= 4 is 5.69 Å². The summed E-state index contributed by atoms with van der Waals surface area (Å²) < 4.78 is 0. The Bertz CT molecular complexity index is 396. The van der Waals surface area contributed by atoms with Crippen LogP contribution in [-0.2, 0) is 5.41 Å². The van der Waals surface area contributed by atoms with Crippen molar-refractivity contribution in [3.8, 4) is 0 Å². The van der Waals surface area contributed by atoms with Gasteiger partial charge in [0.05, 0.1) is 0 Å². The maximum atomic E-state index is 3.61. The van der Waals surface area contributed by atoms with Crippen LogP contribution in [0.25, 0.3) is 0 Å². The standard InChI is InChI=1S/C17H28N2/c1-16(2,3)14-6-8-15(9-7-14)19-13-17(12-18-4)10-5-11-17/h6-9,18-19H,5,10-13H2,1-4H3. The molecule has 0 spiro atoms. The van der Waals surface area contributed by atoms with Crippen molar-refractivity contribution < 1.29 is 0 Å². The zero-order valence-electron chi connectivity index (χ0n) is 12.8. The van der Waals surface area contributed by atoms with Gasteiger partial charge in [0, 0.05) is 24.2 Å². The highest BCUT2D eigenvalue weighted by atomic mass is 14.9. The van der Waals surface area contributed by atoms with Gasteiger partial charge in [0.15, 0.2) is 0 Å². The van der Waals surface area contributed by atoms with E-state index in [1.807, 2.05) is 0 Å². The third kappa shape index (κ3) is 3.50. The first-order valence-electron chi connectivity index (χ1n) is 7.44. The molecule has 2 rings (SSSR count). The van der Waals surface area contributed by atoms with E-state index in [0.29, 0.717) is 5.41 Å². The van der Waals surface area contributed by atoms with Crippen molar-refractivity contribution in [3.05, 3.63) is 29.8 Å². The van der Waals surface area contributed by atoms with Crippen LogP contribution < -0.4 is 10.6 Å². The second-order valence-corrected chi connectivity index (χ2v) is 7.06. The van der Waals surface area contributed by atoms with Crippen LogP contribution in [0.2, 0.25) is 0 Å². The van der Waals surface area contributed by atoms with Gasteiger partial charge >= 0.3 is 0 Å². The zero-order valence-corrected chi connectivity index (χ0v) is 12.8. The first kappa shape index (κ1) is 14.4. The molecular formula is C17H28N2. The van der Waals surface area contributed by atoms with E-state index in [2.05, 4.69) is 62.7 Å². The highest BCUT2D eigenvalue weighted by Gasteiger charge is 2.35. The normalized spacial score (nSPS) is 17.9. The molecule has 2 nitrogen and oxygen atoms in total. The first-order valence-corrected chi connectivity index (χ1v) is 7.44. The van der Waals surface area contributed by atoms with Crippen molar-refractivity contribution in [1.82, 2.24) is 5.32 Å². The summed E-state index contributed by atoms with van der Waals surface area (Å²) in [4.78, 5) is 0. The molecule has 1 saturated carbocycles. The number of nitrogens with one attached hydrogen (secondary N) is 2. The van der Waals surface area contributed by atoms with Crippen molar-refractivity contribution in [2.24, 2.45) is 5.41 Å². The summed E-state index contributed by atoms with van der Waals surface area (Å²) in [6, 6.07) is 8.92.